The van der Waals surface area contributed by atoms with Gasteiger partial charge in [-0.05, 0) is 31.2 Å². The van der Waals surface area contributed by atoms with Crippen molar-refractivity contribution in [3.05, 3.63) is 16.0 Å². The number of thiophene rings is 1. The largest absolute Gasteiger partial charge is 0.302 e. The Hall–Kier alpha value is -1.10. The van der Waals surface area contributed by atoms with Crippen LogP contribution in [0.25, 0.3) is 0 Å². The van der Waals surface area contributed by atoms with E-state index in [4.69, 9.17) is 10.7 Å². The van der Waals surface area contributed by atoms with Gasteiger partial charge in [-0.15, -0.1) is 11.3 Å². The lowest BCUT2D eigenvalue weighted by Crippen LogP contribution is -2.25. The third-order valence-corrected chi connectivity index (χ3v) is 6.96. The van der Waals surface area contributed by atoms with E-state index >= 15 is 0 Å². The summed E-state index contributed by atoms with van der Waals surface area (Å²) in [6.07, 6.45) is 5.35. The monoisotopic (exact) mass is 372 g/mol. The molecule has 3 rings (SSSR count). The van der Waals surface area contributed by atoms with E-state index < -0.39 is 9.05 Å². The smallest absolute Gasteiger partial charge is 0.232 e. The molecule has 0 spiro atoms. The molecule has 1 amide bonds. The maximum Gasteiger partial charge on any atom is 0.232 e. The fourth-order valence-electron chi connectivity index (χ4n) is 3.40. The van der Waals surface area contributed by atoms with Crippen molar-refractivity contribution in [1.82, 2.24) is 0 Å². The molecule has 1 atom stereocenters. The van der Waals surface area contributed by atoms with Crippen molar-refractivity contribution in [3.8, 4) is 6.07 Å². The molecule has 0 aromatic carbocycles. The van der Waals surface area contributed by atoms with E-state index in [9.17, 15) is 18.5 Å². The summed E-state index contributed by atoms with van der Waals surface area (Å²) in [7, 11) is 1.68. The lowest BCUT2D eigenvalue weighted by Gasteiger charge is -2.15. The number of aryl methyl sites for hydroxylation is 1. The predicted octanol–water partition coefficient (Wildman–Crippen LogP) is 2.81. The van der Waals surface area contributed by atoms with Crippen molar-refractivity contribution in [2.45, 2.75) is 38.5 Å². The van der Waals surface area contributed by atoms with E-state index in [0.717, 1.165) is 31.2 Å². The van der Waals surface area contributed by atoms with Gasteiger partial charge in [-0.2, -0.15) is 5.26 Å². The second-order valence-electron chi connectivity index (χ2n) is 6.14. The molecule has 1 fully saturated rings. The molecule has 0 saturated carbocycles. The zero-order valence-electron chi connectivity index (χ0n) is 12.5. The van der Waals surface area contributed by atoms with Crippen LogP contribution in [0.3, 0.4) is 0 Å². The molecule has 5 nitrogen and oxygen atoms in total. The topological polar surface area (TPSA) is 78.2 Å². The van der Waals surface area contributed by atoms with E-state index in [1.165, 1.54) is 22.6 Å². The Kier molecular flexibility index (Phi) is 4.68. The van der Waals surface area contributed by atoms with Gasteiger partial charge in [0.05, 0.1) is 11.3 Å². The number of nitriles is 1. The Bertz CT molecular complexity index is 779. The first-order valence-electron chi connectivity index (χ1n) is 7.66. The van der Waals surface area contributed by atoms with E-state index in [-0.39, 0.29) is 24.0 Å². The SMILES string of the molecule is N#Cc1c(N2CC(CS(=O)(=O)Cl)CC2=O)sc2c1CCCCC2. The number of fused-ring (bicyclic) bond motifs is 1. The van der Waals surface area contributed by atoms with Gasteiger partial charge in [0.15, 0.2) is 0 Å². The number of halogens is 1. The summed E-state index contributed by atoms with van der Waals surface area (Å²) in [5, 5.41) is 10.2. The predicted molar refractivity (Wildman–Crippen MR) is 90.4 cm³/mol. The molecule has 1 saturated heterocycles. The van der Waals surface area contributed by atoms with Gasteiger partial charge in [0, 0.05) is 34.4 Å². The number of nitrogens with zero attached hydrogens (tertiary/aromatic N) is 2. The van der Waals surface area contributed by atoms with Crippen LogP contribution in [0.5, 0.6) is 0 Å². The fraction of sp³-hybridized carbons (Fsp3) is 0.600. The first-order chi connectivity index (χ1) is 10.9. The molecule has 23 heavy (non-hydrogen) atoms. The molecule has 2 aliphatic rings. The highest BCUT2D eigenvalue weighted by Gasteiger charge is 2.36. The van der Waals surface area contributed by atoms with Crippen LogP contribution < -0.4 is 4.90 Å². The lowest BCUT2D eigenvalue weighted by atomic mass is 10.1. The van der Waals surface area contributed by atoms with Crippen molar-refractivity contribution in [3.63, 3.8) is 0 Å². The first-order valence-corrected chi connectivity index (χ1v) is 11.0. The van der Waals surface area contributed by atoms with E-state index in [0.29, 0.717) is 17.1 Å². The molecule has 8 heteroatoms. The first kappa shape index (κ1) is 16.7. The second kappa shape index (κ2) is 6.42. The van der Waals surface area contributed by atoms with Crippen molar-refractivity contribution in [1.29, 1.82) is 5.26 Å². The highest BCUT2D eigenvalue weighted by atomic mass is 35.7. The number of anilines is 1. The fourth-order valence-corrected chi connectivity index (χ4v) is 6.09. The zero-order valence-corrected chi connectivity index (χ0v) is 14.9. The summed E-state index contributed by atoms with van der Waals surface area (Å²) in [6, 6.07) is 2.26. The van der Waals surface area contributed by atoms with Crippen molar-refractivity contribution < 1.29 is 13.2 Å². The minimum Gasteiger partial charge on any atom is -0.302 e. The molecule has 1 aliphatic carbocycles. The minimum absolute atomic E-state index is 0.122. The number of carbonyl (C=O) groups is 1. The lowest BCUT2D eigenvalue weighted by molar-refractivity contribution is -0.117. The van der Waals surface area contributed by atoms with Gasteiger partial charge < -0.3 is 4.90 Å². The Morgan fingerprint density at radius 2 is 2.04 bits per heavy atom. The summed E-state index contributed by atoms with van der Waals surface area (Å²) in [4.78, 5) is 15.1. The summed E-state index contributed by atoms with van der Waals surface area (Å²) in [5.74, 6) is -0.634. The maximum absolute atomic E-state index is 12.3. The minimum atomic E-state index is -3.63. The average molecular weight is 373 g/mol. The van der Waals surface area contributed by atoms with Gasteiger partial charge in [0.1, 0.15) is 11.1 Å². The van der Waals surface area contributed by atoms with Gasteiger partial charge in [0.2, 0.25) is 15.0 Å². The Labute approximate surface area is 144 Å². The molecule has 0 N–H and O–H groups in total. The molecule has 1 aliphatic heterocycles. The second-order valence-corrected chi connectivity index (χ2v) is 10.0. The summed E-state index contributed by atoms with van der Waals surface area (Å²) in [5.41, 5.74) is 1.70. The van der Waals surface area contributed by atoms with Crippen LogP contribution in [-0.2, 0) is 26.7 Å². The van der Waals surface area contributed by atoms with E-state index in [2.05, 4.69) is 6.07 Å². The molecular weight excluding hydrogens is 356 g/mol. The summed E-state index contributed by atoms with van der Waals surface area (Å²) in [6.45, 7) is 0.318. The molecule has 124 valence electrons. The molecular formula is C15H17ClN2O3S2. The van der Waals surface area contributed by atoms with E-state index in [1.807, 2.05) is 0 Å². The van der Waals surface area contributed by atoms with Crippen LogP contribution >= 0.6 is 22.0 Å². The van der Waals surface area contributed by atoms with Crippen LogP contribution in [0.15, 0.2) is 0 Å². The summed E-state index contributed by atoms with van der Waals surface area (Å²) >= 11 is 1.52. The Morgan fingerprint density at radius 3 is 2.74 bits per heavy atom. The van der Waals surface area contributed by atoms with Gasteiger partial charge in [-0.1, -0.05) is 6.42 Å². The normalized spacial score (nSPS) is 21.8. The third kappa shape index (κ3) is 3.54. The van der Waals surface area contributed by atoms with Crippen LogP contribution in [-0.4, -0.2) is 26.6 Å². The molecule has 1 aromatic heterocycles. The van der Waals surface area contributed by atoms with Gasteiger partial charge in [0.25, 0.3) is 0 Å². The molecule has 0 radical (unpaired) electrons. The van der Waals surface area contributed by atoms with Gasteiger partial charge in [-0.3, -0.25) is 4.79 Å². The molecule has 0 bridgehead atoms. The van der Waals surface area contributed by atoms with Crippen LogP contribution in [0.1, 0.15) is 41.7 Å². The maximum atomic E-state index is 12.3. The standard InChI is InChI=1S/C15H17ClN2O3S2/c16-23(20,21)9-10-6-14(19)18(8-10)15-12(7-17)11-4-2-1-3-5-13(11)22-15/h10H,1-6,8-9H2. The highest BCUT2D eigenvalue weighted by Crippen LogP contribution is 2.41. The van der Waals surface area contributed by atoms with Crippen LogP contribution in [0, 0.1) is 17.2 Å². The highest BCUT2D eigenvalue weighted by molar-refractivity contribution is 8.13. The number of amides is 1. The number of hydrogen-bond donors (Lipinski definition) is 0. The zero-order chi connectivity index (χ0) is 16.6. The van der Waals surface area contributed by atoms with Crippen LogP contribution in [0.4, 0.5) is 5.00 Å². The Balaban J connectivity index is 1.90. The number of rotatable bonds is 3. The van der Waals surface area contributed by atoms with Crippen molar-refractivity contribution >= 4 is 42.0 Å². The summed E-state index contributed by atoms with van der Waals surface area (Å²) < 4.78 is 22.5. The molecule has 2 heterocycles. The Morgan fingerprint density at radius 1 is 1.30 bits per heavy atom. The third-order valence-electron chi connectivity index (χ3n) is 4.40. The number of carbonyl (C=O) groups excluding carboxylic acids is 1. The molecule has 1 unspecified atom stereocenters. The average Bonchev–Trinajstić information content (AvgIpc) is 2.88. The van der Waals surface area contributed by atoms with Crippen LogP contribution in [0.2, 0.25) is 0 Å². The van der Waals surface area contributed by atoms with Crippen molar-refractivity contribution in [2.75, 3.05) is 17.2 Å². The molecule has 1 aromatic rings. The van der Waals surface area contributed by atoms with Crippen molar-refractivity contribution in [2.24, 2.45) is 5.92 Å². The number of hydrogen-bond acceptors (Lipinski definition) is 5. The quantitative estimate of drug-likeness (QED) is 0.603. The van der Waals surface area contributed by atoms with Gasteiger partial charge >= 0.3 is 0 Å². The van der Waals surface area contributed by atoms with E-state index in [1.54, 1.807) is 4.90 Å². The van der Waals surface area contributed by atoms with Gasteiger partial charge in [-0.25, -0.2) is 8.42 Å².